The Bertz CT molecular complexity index is 938. The number of anilines is 1. The second kappa shape index (κ2) is 9.09. The van der Waals surface area contributed by atoms with Crippen LogP contribution in [0.15, 0.2) is 72.8 Å². The molecule has 0 saturated carbocycles. The molecule has 3 aromatic rings. The Morgan fingerprint density at radius 2 is 1.64 bits per heavy atom. The van der Waals surface area contributed by atoms with Gasteiger partial charge in [0.2, 0.25) is 0 Å². The van der Waals surface area contributed by atoms with Crippen LogP contribution in [0.1, 0.15) is 33.9 Å². The molecule has 0 heterocycles. The average Bonchev–Trinajstić information content (AvgIpc) is 2.73. The SMILES string of the molecule is COc1ccc(C(=O)CC(Nc2cccc(C)c2)c2ccccc2)cc1OC. The van der Waals surface area contributed by atoms with Crippen molar-refractivity contribution in [2.45, 2.75) is 19.4 Å². The molecule has 4 nitrogen and oxygen atoms in total. The lowest BCUT2D eigenvalue weighted by Gasteiger charge is -2.20. The summed E-state index contributed by atoms with van der Waals surface area (Å²) in [6.07, 6.45) is 0.327. The van der Waals surface area contributed by atoms with Crippen molar-refractivity contribution >= 4 is 11.5 Å². The van der Waals surface area contributed by atoms with Gasteiger partial charge in [0, 0.05) is 17.7 Å². The number of benzene rings is 3. The molecule has 0 aliphatic rings. The topological polar surface area (TPSA) is 47.6 Å². The van der Waals surface area contributed by atoms with Crippen molar-refractivity contribution in [2.24, 2.45) is 0 Å². The number of ether oxygens (including phenoxy) is 2. The molecule has 0 aliphatic heterocycles. The van der Waals surface area contributed by atoms with Gasteiger partial charge in [0.15, 0.2) is 17.3 Å². The fourth-order valence-electron chi connectivity index (χ4n) is 3.19. The Morgan fingerprint density at radius 1 is 0.893 bits per heavy atom. The molecule has 0 amide bonds. The van der Waals surface area contributed by atoms with Crippen LogP contribution in [-0.2, 0) is 0 Å². The van der Waals surface area contributed by atoms with Gasteiger partial charge in [-0.3, -0.25) is 4.79 Å². The number of Topliss-reactive ketones (excluding diaryl/α,β-unsaturated/α-hetero) is 1. The highest BCUT2D eigenvalue weighted by molar-refractivity contribution is 5.97. The van der Waals surface area contributed by atoms with E-state index in [1.165, 1.54) is 5.56 Å². The van der Waals surface area contributed by atoms with Crippen LogP contribution >= 0.6 is 0 Å². The molecular weight excluding hydrogens is 350 g/mol. The van der Waals surface area contributed by atoms with Crippen LogP contribution < -0.4 is 14.8 Å². The summed E-state index contributed by atoms with van der Waals surface area (Å²) in [7, 11) is 3.15. The molecule has 1 unspecified atom stereocenters. The molecule has 0 spiro atoms. The van der Waals surface area contributed by atoms with Crippen molar-refractivity contribution in [3.63, 3.8) is 0 Å². The minimum atomic E-state index is -0.136. The zero-order valence-corrected chi connectivity index (χ0v) is 16.4. The van der Waals surface area contributed by atoms with Crippen molar-refractivity contribution in [2.75, 3.05) is 19.5 Å². The van der Waals surface area contributed by atoms with Gasteiger partial charge >= 0.3 is 0 Å². The number of nitrogens with one attached hydrogen (secondary N) is 1. The molecular formula is C24H25NO3. The number of methoxy groups -OCH3 is 2. The fourth-order valence-corrected chi connectivity index (χ4v) is 3.19. The third-order valence-corrected chi connectivity index (χ3v) is 4.66. The van der Waals surface area contributed by atoms with Gasteiger partial charge in [0.25, 0.3) is 0 Å². The van der Waals surface area contributed by atoms with Gasteiger partial charge in [-0.25, -0.2) is 0 Å². The fraction of sp³-hybridized carbons (Fsp3) is 0.208. The van der Waals surface area contributed by atoms with Gasteiger partial charge in [0.1, 0.15) is 0 Å². The minimum Gasteiger partial charge on any atom is -0.493 e. The molecule has 4 heteroatoms. The van der Waals surface area contributed by atoms with E-state index in [9.17, 15) is 4.79 Å². The maximum Gasteiger partial charge on any atom is 0.165 e. The molecule has 144 valence electrons. The molecule has 0 radical (unpaired) electrons. The zero-order chi connectivity index (χ0) is 19.9. The van der Waals surface area contributed by atoms with Gasteiger partial charge in [-0.2, -0.15) is 0 Å². The third kappa shape index (κ3) is 4.71. The van der Waals surface area contributed by atoms with E-state index in [4.69, 9.17) is 9.47 Å². The van der Waals surface area contributed by atoms with Crippen molar-refractivity contribution in [3.8, 4) is 11.5 Å². The summed E-state index contributed by atoms with van der Waals surface area (Å²) in [6.45, 7) is 2.05. The lowest BCUT2D eigenvalue weighted by atomic mass is 9.97. The maximum absolute atomic E-state index is 13.0. The first-order valence-electron chi connectivity index (χ1n) is 9.24. The third-order valence-electron chi connectivity index (χ3n) is 4.66. The Balaban J connectivity index is 1.86. The van der Waals surface area contributed by atoms with E-state index in [-0.39, 0.29) is 11.8 Å². The van der Waals surface area contributed by atoms with Gasteiger partial charge in [-0.05, 0) is 48.4 Å². The van der Waals surface area contributed by atoms with E-state index in [1.54, 1.807) is 32.4 Å². The van der Waals surface area contributed by atoms with Crippen molar-refractivity contribution in [3.05, 3.63) is 89.5 Å². The lowest BCUT2D eigenvalue weighted by molar-refractivity contribution is 0.0976. The summed E-state index contributed by atoms with van der Waals surface area (Å²) in [5.41, 5.74) is 3.83. The number of rotatable bonds is 8. The highest BCUT2D eigenvalue weighted by Gasteiger charge is 2.18. The summed E-state index contributed by atoms with van der Waals surface area (Å²) in [4.78, 5) is 13.0. The second-order valence-electron chi connectivity index (χ2n) is 6.67. The molecule has 0 saturated heterocycles. The first-order chi connectivity index (χ1) is 13.6. The Hall–Kier alpha value is -3.27. The van der Waals surface area contributed by atoms with Gasteiger partial charge in [0.05, 0.1) is 20.3 Å². The standard InChI is InChI=1S/C24H25NO3/c1-17-8-7-11-20(14-17)25-21(18-9-5-4-6-10-18)16-22(26)19-12-13-23(27-2)24(15-19)28-3/h4-15,21,25H,16H2,1-3H3. The number of carbonyl (C=O) groups excluding carboxylic acids is 1. The molecule has 0 bridgehead atoms. The number of aryl methyl sites for hydroxylation is 1. The van der Waals surface area contributed by atoms with E-state index in [2.05, 4.69) is 24.4 Å². The predicted octanol–water partition coefficient (Wildman–Crippen LogP) is 5.44. The van der Waals surface area contributed by atoms with E-state index in [1.807, 2.05) is 42.5 Å². The first-order valence-corrected chi connectivity index (χ1v) is 9.24. The number of ketones is 1. The largest absolute Gasteiger partial charge is 0.493 e. The summed E-state index contributed by atoms with van der Waals surface area (Å²) in [5.74, 6) is 1.20. The van der Waals surface area contributed by atoms with Crippen LogP contribution in [-0.4, -0.2) is 20.0 Å². The lowest BCUT2D eigenvalue weighted by Crippen LogP contribution is -2.16. The summed E-state index contributed by atoms with van der Waals surface area (Å²) in [6, 6.07) is 23.3. The van der Waals surface area contributed by atoms with Crippen molar-refractivity contribution in [1.29, 1.82) is 0 Å². The van der Waals surface area contributed by atoms with Crippen LogP contribution in [0.5, 0.6) is 11.5 Å². The van der Waals surface area contributed by atoms with Crippen LogP contribution in [0, 0.1) is 6.92 Å². The van der Waals surface area contributed by atoms with Crippen molar-refractivity contribution < 1.29 is 14.3 Å². The monoisotopic (exact) mass is 375 g/mol. The van der Waals surface area contributed by atoms with E-state index < -0.39 is 0 Å². The van der Waals surface area contributed by atoms with E-state index >= 15 is 0 Å². The van der Waals surface area contributed by atoms with Crippen molar-refractivity contribution in [1.82, 2.24) is 0 Å². The zero-order valence-electron chi connectivity index (χ0n) is 16.4. The van der Waals surface area contributed by atoms with Crippen LogP contribution in [0.4, 0.5) is 5.69 Å². The summed E-state index contributed by atoms with van der Waals surface area (Å²) >= 11 is 0. The number of hydrogen-bond acceptors (Lipinski definition) is 4. The first kappa shape index (κ1) is 19.5. The minimum absolute atomic E-state index is 0.0370. The maximum atomic E-state index is 13.0. The Labute approximate surface area is 166 Å². The Morgan fingerprint density at radius 3 is 2.32 bits per heavy atom. The van der Waals surface area contributed by atoms with Crippen LogP contribution in [0.25, 0.3) is 0 Å². The average molecular weight is 375 g/mol. The van der Waals surface area contributed by atoms with Crippen LogP contribution in [0.2, 0.25) is 0 Å². The normalized spacial score (nSPS) is 11.5. The smallest absolute Gasteiger partial charge is 0.165 e. The van der Waals surface area contributed by atoms with Gasteiger partial charge in [-0.15, -0.1) is 0 Å². The summed E-state index contributed by atoms with van der Waals surface area (Å²) < 4.78 is 10.6. The highest BCUT2D eigenvalue weighted by Crippen LogP contribution is 2.30. The molecule has 1 atom stereocenters. The molecule has 1 N–H and O–H groups in total. The molecule has 3 rings (SSSR count). The molecule has 0 aliphatic carbocycles. The van der Waals surface area contributed by atoms with E-state index in [0.717, 1.165) is 11.3 Å². The number of carbonyl (C=O) groups is 1. The van der Waals surface area contributed by atoms with Crippen LogP contribution in [0.3, 0.4) is 0 Å². The molecule has 0 fully saturated rings. The quantitative estimate of drug-likeness (QED) is 0.533. The molecule has 3 aromatic carbocycles. The Kier molecular flexibility index (Phi) is 6.33. The second-order valence-corrected chi connectivity index (χ2v) is 6.67. The van der Waals surface area contributed by atoms with Gasteiger partial charge in [-0.1, -0.05) is 42.5 Å². The molecule has 28 heavy (non-hydrogen) atoms. The highest BCUT2D eigenvalue weighted by atomic mass is 16.5. The van der Waals surface area contributed by atoms with Gasteiger partial charge < -0.3 is 14.8 Å². The summed E-state index contributed by atoms with van der Waals surface area (Å²) in [5, 5.41) is 3.51. The number of hydrogen-bond donors (Lipinski definition) is 1. The van der Waals surface area contributed by atoms with E-state index in [0.29, 0.717) is 23.5 Å². The predicted molar refractivity (Wildman–Crippen MR) is 112 cm³/mol. The molecule has 0 aromatic heterocycles.